The molecule has 0 bridgehead atoms. The lowest BCUT2D eigenvalue weighted by Gasteiger charge is -2.26. The van der Waals surface area contributed by atoms with Crippen molar-refractivity contribution in [2.24, 2.45) is 7.05 Å². The average molecular weight is 455 g/mol. The second-order valence-electron chi connectivity index (χ2n) is 7.70. The summed E-state index contributed by atoms with van der Waals surface area (Å²) in [7, 11) is 1.62. The summed E-state index contributed by atoms with van der Waals surface area (Å²) in [6.07, 6.45) is 0.715. The molecule has 2 heterocycles. The molecule has 9 heteroatoms. The van der Waals surface area contributed by atoms with E-state index in [-0.39, 0.29) is 12.2 Å². The molecule has 1 aliphatic rings. The maximum absolute atomic E-state index is 13.2. The molecule has 1 aromatic heterocycles. The van der Waals surface area contributed by atoms with Gasteiger partial charge in [-0.25, -0.2) is 0 Å². The molecule has 0 saturated carbocycles. The van der Waals surface area contributed by atoms with Crippen molar-refractivity contribution >= 4 is 34.7 Å². The van der Waals surface area contributed by atoms with E-state index in [4.69, 9.17) is 16.3 Å². The van der Waals surface area contributed by atoms with Gasteiger partial charge in [0.2, 0.25) is 5.43 Å². The Bertz CT molecular complexity index is 1220. The molecule has 0 radical (unpaired) electrons. The number of fused-ring (bicyclic) bond motifs is 1. The van der Waals surface area contributed by atoms with Gasteiger partial charge in [-0.15, -0.1) is 0 Å². The predicted octanol–water partition coefficient (Wildman–Crippen LogP) is 2.16. The summed E-state index contributed by atoms with van der Waals surface area (Å²) in [6.45, 7) is 3.68. The number of aryl methyl sites for hydroxylation is 1. The van der Waals surface area contributed by atoms with Crippen LogP contribution in [0.3, 0.4) is 0 Å². The number of ether oxygens (including phenoxy) is 1. The Morgan fingerprint density at radius 1 is 1.19 bits per heavy atom. The van der Waals surface area contributed by atoms with E-state index in [2.05, 4.69) is 15.3 Å². The molecule has 166 valence electrons. The van der Waals surface area contributed by atoms with Crippen LogP contribution >= 0.6 is 11.6 Å². The number of carbonyl (C=O) groups excluding carboxylic acids is 2. The smallest absolute Gasteiger partial charge is 0.276 e. The van der Waals surface area contributed by atoms with Gasteiger partial charge in [-0.3, -0.25) is 24.0 Å². The lowest BCUT2D eigenvalue weighted by atomic mass is 10.0. The van der Waals surface area contributed by atoms with Crippen molar-refractivity contribution < 1.29 is 14.3 Å². The Kier molecular flexibility index (Phi) is 6.64. The van der Waals surface area contributed by atoms with Crippen LogP contribution < -0.4 is 10.7 Å². The SMILES string of the molecule is Cn1nc(C(=O)NCc2ccc(Cl)cc2)c(=O)c2cc(CN3CCOCC3)cc(C=O)c21. The first kappa shape index (κ1) is 22.1. The topological polar surface area (TPSA) is 93.5 Å². The number of amides is 1. The maximum Gasteiger partial charge on any atom is 0.276 e. The molecule has 1 aliphatic heterocycles. The van der Waals surface area contributed by atoms with Crippen LogP contribution in [-0.2, 0) is 24.9 Å². The van der Waals surface area contributed by atoms with Crippen molar-refractivity contribution in [3.05, 3.63) is 74.0 Å². The number of aromatic nitrogens is 2. The number of nitrogens with one attached hydrogen (secondary N) is 1. The van der Waals surface area contributed by atoms with Crippen molar-refractivity contribution in [1.82, 2.24) is 20.0 Å². The monoisotopic (exact) mass is 454 g/mol. The number of nitrogens with zero attached hydrogens (tertiary/aromatic N) is 3. The Morgan fingerprint density at radius 2 is 1.91 bits per heavy atom. The van der Waals surface area contributed by atoms with Crippen LogP contribution in [0.4, 0.5) is 0 Å². The minimum absolute atomic E-state index is 0.214. The second kappa shape index (κ2) is 9.60. The molecule has 2 aromatic carbocycles. The van der Waals surface area contributed by atoms with Crippen molar-refractivity contribution in [1.29, 1.82) is 0 Å². The van der Waals surface area contributed by atoms with Crippen LogP contribution in [0.15, 0.2) is 41.2 Å². The van der Waals surface area contributed by atoms with E-state index in [1.54, 1.807) is 43.4 Å². The Balaban J connectivity index is 1.66. The number of hydrogen-bond acceptors (Lipinski definition) is 6. The first-order valence-corrected chi connectivity index (χ1v) is 10.7. The third kappa shape index (κ3) is 4.72. The van der Waals surface area contributed by atoms with Gasteiger partial charge < -0.3 is 10.1 Å². The van der Waals surface area contributed by atoms with Crippen molar-refractivity contribution in [3.8, 4) is 0 Å². The van der Waals surface area contributed by atoms with E-state index in [1.807, 2.05) is 0 Å². The quantitative estimate of drug-likeness (QED) is 0.574. The number of aldehydes is 1. The highest BCUT2D eigenvalue weighted by atomic mass is 35.5. The summed E-state index contributed by atoms with van der Waals surface area (Å²) in [5.74, 6) is -0.575. The zero-order valence-corrected chi connectivity index (χ0v) is 18.4. The molecule has 1 N–H and O–H groups in total. The van der Waals surface area contributed by atoms with Crippen LogP contribution in [-0.4, -0.2) is 53.2 Å². The third-order valence-corrected chi connectivity index (χ3v) is 5.70. The van der Waals surface area contributed by atoms with Crippen molar-refractivity contribution in [2.45, 2.75) is 13.1 Å². The van der Waals surface area contributed by atoms with Crippen LogP contribution in [0.25, 0.3) is 10.9 Å². The molecule has 0 atom stereocenters. The van der Waals surface area contributed by atoms with E-state index < -0.39 is 11.3 Å². The van der Waals surface area contributed by atoms with Gasteiger partial charge in [0, 0.05) is 43.8 Å². The molecular weight excluding hydrogens is 432 g/mol. The zero-order valence-electron chi connectivity index (χ0n) is 17.6. The van der Waals surface area contributed by atoms with Gasteiger partial charge in [0.15, 0.2) is 12.0 Å². The molecule has 1 fully saturated rings. The fourth-order valence-corrected chi connectivity index (χ4v) is 3.97. The lowest BCUT2D eigenvalue weighted by Crippen LogP contribution is -2.35. The van der Waals surface area contributed by atoms with Crippen LogP contribution in [0.5, 0.6) is 0 Å². The van der Waals surface area contributed by atoms with Crippen molar-refractivity contribution in [3.63, 3.8) is 0 Å². The standard InChI is InChI=1S/C23H23ClN4O4/c1-27-21-17(14-29)10-16(13-28-6-8-32-9-7-28)11-19(21)22(30)20(26-27)23(31)25-12-15-2-4-18(24)5-3-15/h2-5,10-11,14H,6-9,12-13H2,1H3,(H,25,31). The van der Waals surface area contributed by atoms with E-state index in [0.717, 1.165) is 24.2 Å². The Morgan fingerprint density at radius 3 is 2.59 bits per heavy atom. The molecule has 0 spiro atoms. The molecule has 32 heavy (non-hydrogen) atoms. The normalized spacial score (nSPS) is 14.4. The largest absolute Gasteiger partial charge is 0.379 e. The van der Waals surface area contributed by atoms with Crippen molar-refractivity contribution in [2.75, 3.05) is 26.3 Å². The Hall–Kier alpha value is -3.07. The summed E-state index contributed by atoms with van der Waals surface area (Å²) in [5.41, 5.74) is 1.73. The molecule has 1 saturated heterocycles. The Labute approximate surface area is 189 Å². The molecule has 4 rings (SSSR count). The fourth-order valence-electron chi connectivity index (χ4n) is 3.84. The van der Waals surface area contributed by atoms with E-state index in [9.17, 15) is 14.4 Å². The van der Waals surface area contributed by atoms with Crippen LogP contribution in [0, 0.1) is 0 Å². The highest BCUT2D eigenvalue weighted by molar-refractivity contribution is 6.30. The second-order valence-corrected chi connectivity index (χ2v) is 8.13. The molecule has 0 unspecified atom stereocenters. The summed E-state index contributed by atoms with van der Waals surface area (Å²) < 4.78 is 6.79. The molecular formula is C23H23ClN4O4. The average Bonchev–Trinajstić information content (AvgIpc) is 2.81. The maximum atomic E-state index is 13.2. The highest BCUT2D eigenvalue weighted by Crippen LogP contribution is 2.19. The number of hydrogen-bond donors (Lipinski definition) is 1. The first-order valence-electron chi connectivity index (χ1n) is 10.3. The molecule has 1 amide bonds. The molecule has 3 aromatic rings. The van der Waals surface area contributed by atoms with E-state index >= 15 is 0 Å². The summed E-state index contributed by atoms with van der Waals surface area (Å²) >= 11 is 5.89. The van der Waals surface area contributed by atoms with Gasteiger partial charge in [0.1, 0.15) is 0 Å². The predicted molar refractivity (Wildman–Crippen MR) is 121 cm³/mol. The number of carbonyl (C=O) groups is 2. The summed E-state index contributed by atoms with van der Waals surface area (Å²) in [4.78, 5) is 39.9. The molecule has 8 nitrogen and oxygen atoms in total. The summed E-state index contributed by atoms with van der Waals surface area (Å²) in [6, 6.07) is 10.6. The van der Waals surface area contributed by atoms with E-state index in [0.29, 0.717) is 47.5 Å². The minimum Gasteiger partial charge on any atom is -0.379 e. The van der Waals surface area contributed by atoms with Crippen LogP contribution in [0.2, 0.25) is 5.02 Å². The number of halogens is 1. The number of benzene rings is 2. The van der Waals surface area contributed by atoms with Crippen LogP contribution in [0.1, 0.15) is 32.0 Å². The van der Waals surface area contributed by atoms with Gasteiger partial charge in [-0.1, -0.05) is 23.7 Å². The van der Waals surface area contributed by atoms with Gasteiger partial charge in [-0.05, 0) is 35.4 Å². The third-order valence-electron chi connectivity index (χ3n) is 5.45. The first-order chi connectivity index (χ1) is 15.5. The highest BCUT2D eigenvalue weighted by Gasteiger charge is 2.20. The number of rotatable bonds is 6. The zero-order chi connectivity index (χ0) is 22.7. The van der Waals surface area contributed by atoms with Gasteiger partial charge in [0.25, 0.3) is 5.91 Å². The van der Waals surface area contributed by atoms with Gasteiger partial charge in [0.05, 0.1) is 24.1 Å². The minimum atomic E-state index is -0.575. The van der Waals surface area contributed by atoms with E-state index in [1.165, 1.54) is 4.68 Å². The summed E-state index contributed by atoms with van der Waals surface area (Å²) in [5, 5.41) is 7.79. The number of morpholine rings is 1. The molecule has 0 aliphatic carbocycles. The fraction of sp³-hybridized carbons (Fsp3) is 0.304. The lowest BCUT2D eigenvalue weighted by molar-refractivity contribution is 0.0342. The van der Waals surface area contributed by atoms with Gasteiger partial charge >= 0.3 is 0 Å². The van der Waals surface area contributed by atoms with Gasteiger partial charge in [-0.2, -0.15) is 5.10 Å².